The van der Waals surface area contributed by atoms with E-state index in [9.17, 15) is 13.2 Å². The second-order valence-corrected chi connectivity index (χ2v) is 10.8. The molecule has 0 fully saturated rings. The number of fused-ring (bicyclic) bond motifs is 1. The van der Waals surface area contributed by atoms with E-state index in [2.05, 4.69) is 4.99 Å². The van der Waals surface area contributed by atoms with Crippen LogP contribution in [-0.4, -0.2) is 52.1 Å². The molecule has 0 saturated heterocycles. The summed E-state index contributed by atoms with van der Waals surface area (Å²) in [6, 6.07) is 12.7. The van der Waals surface area contributed by atoms with Gasteiger partial charge in [-0.15, -0.1) is 0 Å². The Kier molecular flexibility index (Phi) is 9.26. The molecule has 184 valence electrons. The fraction of sp³-hybridized carbons (Fsp3) is 0.417. The molecule has 0 unspecified atom stereocenters. The summed E-state index contributed by atoms with van der Waals surface area (Å²) in [6.07, 6.45) is 0.281. The minimum atomic E-state index is -3.30. The number of nitrogens with zero attached hydrogens (tertiary/aromatic N) is 2. The van der Waals surface area contributed by atoms with Crippen LogP contribution < -0.4 is 14.3 Å². The molecule has 0 atom stereocenters. The highest BCUT2D eigenvalue weighted by molar-refractivity contribution is 7.90. The van der Waals surface area contributed by atoms with Crippen molar-refractivity contribution < 1.29 is 27.4 Å². The Hall–Kier alpha value is -2.69. The molecule has 0 aliphatic rings. The van der Waals surface area contributed by atoms with Crippen LogP contribution >= 0.6 is 11.3 Å². The van der Waals surface area contributed by atoms with E-state index in [1.807, 2.05) is 41.8 Å². The van der Waals surface area contributed by atoms with E-state index in [0.717, 1.165) is 15.8 Å². The van der Waals surface area contributed by atoms with Crippen LogP contribution in [0.1, 0.15) is 25.3 Å². The minimum Gasteiger partial charge on any atom is -0.493 e. The van der Waals surface area contributed by atoms with Gasteiger partial charge in [0.15, 0.2) is 26.1 Å². The average molecular weight is 507 g/mol. The topological polar surface area (TPSA) is 96.2 Å². The fourth-order valence-electron chi connectivity index (χ4n) is 3.50. The fourth-order valence-corrected chi connectivity index (χ4v) is 6.02. The largest absolute Gasteiger partial charge is 0.493 e. The highest BCUT2D eigenvalue weighted by Crippen LogP contribution is 2.33. The smallest absolute Gasteiger partial charge is 0.248 e. The quantitative estimate of drug-likeness (QED) is 0.349. The van der Waals surface area contributed by atoms with Gasteiger partial charge in [0.05, 0.1) is 42.5 Å². The first-order chi connectivity index (χ1) is 16.4. The molecule has 1 amide bonds. The molecule has 8 nitrogen and oxygen atoms in total. The van der Waals surface area contributed by atoms with Gasteiger partial charge in [0.25, 0.3) is 0 Å². The van der Waals surface area contributed by atoms with Crippen LogP contribution in [0.5, 0.6) is 11.5 Å². The lowest BCUT2D eigenvalue weighted by Crippen LogP contribution is -2.20. The molecule has 3 rings (SSSR count). The summed E-state index contributed by atoms with van der Waals surface area (Å²) in [5.74, 6) is 0.727. The Labute approximate surface area is 203 Å². The number of carbonyl (C=O) groups excluding carboxylic acids is 1. The van der Waals surface area contributed by atoms with Gasteiger partial charge in [-0.1, -0.05) is 41.7 Å². The summed E-state index contributed by atoms with van der Waals surface area (Å²) >= 11 is 1.37. The van der Waals surface area contributed by atoms with Crippen LogP contribution in [0, 0.1) is 0 Å². The van der Waals surface area contributed by atoms with Gasteiger partial charge in [-0.05, 0) is 18.9 Å². The number of thiazole rings is 1. The molecule has 0 aliphatic heterocycles. The third-order valence-corrected chi connectivity index (χ3v) is 7.87. The van der Waals surface area contributed by atoms with E-state index in [1.165, 1.54) is 11.3 Å². The molecule has 34 heavy (non-hydrogen) atoms. The van der Waals surface area contributed by atoms with Gasteiger partial charge < -0.3 is 18.8 Å². The Bertz CT molecular complexity index is 1280. The Balaban J connectivity index is 1.77. The molecule has 0 radical (unpaired) electrons. The minimum absolute atomic E-state index is 0.0312. The molecule has 2 aromatic carbocycles. The van der Waals surface area contributed by atoms with Crippen LogP contribution in [0.15, 0.2) is 47.5 Å². The lowest BCUT2D eigenvalue weighted by Gasteiger charge is -2.09. The Morgan fingerprint density at radius 3 is 2.47 bits per heavy atom. The van der Waals surface area contributed by atoms with Crippen molar-refractivity contribution in [2.75, 3.05) is 33.2 Å². The standard InChI is InChI=1S/C24H30N2O6S2/c1-4-32-13-12-26-19-15-20(30-2)21(31-3)16-22(19)33-24(26)25-23(27)11-8-14-34(28,29)17-18-9-6-5-7-10-18/h5-7,9-10,15-16H,4,8,11-14,17H2,1-3H3. The number of rotatable bonds is 12. The maximum Gasteiger partial charge on any atom is 0.248 e. The third kappa shape index (κ3) is 6.91. The molecule has 0 N–H and O–H groups in total. The summed E-state index contributed by atoms with van der Waals surface area (Å²) in [6.45, 7) is 3.49. The van der Waals surface area contributed by atoms with Crippen molar-refractivity contribution in [2.24, 2.45) is 4.99 Å². The second kappa shape index (κ2) is 12.1. The first kappa shape index (κ1) is 25.9. The molecule has 1 aromatic heterocycles. The number of aromatic nitrogens is 1. The van der Waals surface area contributed by atoms with Crippen LogP contribution in [-0.2, 0) is 31.7 Å². The predicted molar refractivity (Wildman–Crippen MR) is 133 cm³/mol. The van der Waals surface area contributed by atoms with Gasteiger partial charge in [-0.3, -0.25) is 4.79 Å². The number of amides is 1. The van der Waals surface area contributed by atoms with Crippen molar-refractivity contribution in [3.05, 3.63) is 52.8 Å². The van der Waals surface area contributed by atoms with Crippen molar-refractivity contribution in [2.45, 2.75) is 32.1 Å². The molecule has 0 aliphatic carbocycles. The number of benzene rings is 2. The highest BCUT2D eigenvalue weighted by Gasteiger charge is 2.15. The van der Waals surface area contributed by atoms with Gasteiger partial charge in [0, 0.05) is 31.7 Å². The number of carbonyl (C=O) groups is 1. The summed E-state index contributed by atoms with van der Waals surface area (Å²) < 4.78 is 43.9. The lowest BCUT2D eigenvalue weighted by molar-refractivity contribution is -0.118. The van der Waals surface area contributed by atoms with Crippen molar-refractivity contribution in [3.63, 3.8) is 0 Å². The highest BCUT2D eigenvalue weighted by atomic mass is 32.2. The maximum atomic E-state index is 12.6. The number of sulfone groups is 1. The summed E-state index contributed by atoms with van der Waals surface area (Å²) in [5.41, 5.74) is 1.60. The third-order valence-electron chi connectivity index (χ3n) is 5.15. The summed E-state index contributed by atoms with van der Waals surface area (Å²) in [7, 11) is -0.162. The van der Waals surface area contributed by atoms with E-state index in [0.29, 0.717) is 36.1 Å². The maximum absolute atomic E-state index is 12.6. The molecule has 1 heterocycles. The van der Waals surface area contributed by atoms with Gasteiger partial charge in [-0.2, -0.15) is 4.99 Å². The molecular formula is C24H30N2O6S2. The molecule has 0 bridgehead atoms. The van der Waals surface area contributed by atoms with Crippen molar-refractivity contribution in [1.82, 2.24) is 4.57 Å². The number of ether oxygens (including phenoxy) is 3. The number of hydrogen-bond acceptors (Lipinski definition) is 7. The van der Waals surface area contributed by atoms with Crippen molar-refractivity contribution in [3.8, 4) is 11.5 Å². The summed E-state index contributed by atoms with van der Waals surface area (Å²) in [5, 5.41) is 0. The van der Waals surface area contributed by atoms with Crippen LogP contribution in [0.25, 0.3) is 10.2 Å². The predicted octanol–water partition coefficient (Wildman–Crippen LogP) is 3.58. The zero-order valence-electron chi connectivity index (χ0n) is 19.7. The van der Waals surface area contributed by atoms with Gasteiger partial charge in [0.2, 0.25) is 5.91 Å². The molecule has 0 spiro atoms. The van der Waals surface area contributed by atoms with Gasteiger partial charge >= 0.3 is 0 Å². The summed E-state index contributed by atoms with van der Waals surface area (Å²) in [4.78, 5) is 17.4. The van der Waals surface area contributed by atoms with Crippen molar-refractivity contribution >= 4 is 37.3 Å². The monoisotopic (exact) mass is 506 g/mol. The number of methoxy groups -OCH3 is 2. The van der Waals surface area contributed by atoms with E-state index < -0.39 is 9.84 Å². The molecule has 0 saturated carbocycles. The zero-order chi connectivity index (χ0) is 24.6. The number of hydrogen-bond donors (Lipinski definition) is 0. The van der Waals surface area contributed by atoms with Gasteiger partial charge in [-0.25, -0.2) is 8.42 Å². The molecular weight excluding hydrogens is 476 g/mol. The van der Waals surface area contributed by atoms with E-state index >= 15 is 0 Å². The van der Waals surface area contributed by atoms with E-state index in [4.69, 9.17) is 14.2 Å². The van der Waals surface area contributed by atoms with Crippen molar-refractivity contribution in [1.29, 1.82) is 0 Å². The van der Waals surface area contributed by atoms with Crippen LogP contribution in [0.2, 0.25) is 0 Å². The Morgan fingerprint density at radius 2 is 1.79 bits per heavy atom. The SMILES string of the molecule is CCOCCn1c(=NC(=O)CCCS(=O)(=O)Cc2ccccc2)sc2cc(OC)c(OC)cc21. The first-order valence-electron chi connectivity index (χ1n) is 11.0. The van der Waals surface area contributed by atoms with Gasteiger partial charge in [0.1, 0.15) is 0 Å². The average Bonchev–Trinajstić information content (AvgIpc) is 3.14. The Morgan fingerprint density at radius 1 is 1.09 bits per heavy atom. The van der Waals surface area contributed by atoms with Crippen LogP contribution in [0.3, 0.4) is 0 Å². The first-order valence-corrected chi connectivity index (χ1v) is 13.7. The second-order valence-electron chi connectivity index (χ2n) is 7.59. The van der Waals surface area contributed by atoms with E-state index in [1.54, 1.807) is 26.4 Å². The lowest BCUT2D eigenvalue weighted by atomic mass is 10.2. The normalized spacial score (nSPS) is 12.3. The molecule has 3 aromatic rings. The van der Waals surface area contributed by atoms with E-state index in [-0.39, 0.29) is 30.3 Å². The molecule has 10 heteroatoms. The zero-order valence-corrected chi connectivity index (χ0v) is 21.3. The van der Waals surface area contributed by atoms with Crippen LogP contribution in [0.4, 0.5) is 0 Å².